The Morgan fingerprint density at radius 2 is 1.75 bits per heavy atom. The molecule has 1 amide bonds. The number of hydrogen-bond donors (Lipinski definition) is 1. The molecule has 0 saturated heterocycles. The van der Waals surface area contributed by atoms with Gasteiger partial charge in [-0.3, -0.25) is 9.59 Å². The summed E-state index contributed by atoms with van der Waals surface area (Å²) in [5, 5.41) is 0. The molecule has 28 heavy (non-hydrogen) atoms. The minimum absolute atomic E-state index is 0.0300. The molecule has 1 aromatic heterocycles. The van der Waals surface area contributed by atoms with Crippen LogP contribution in [0.1, 0.15) is 40.5 Å². The standard InChI is InChI=1S/C23H23N3O2/c1-2-3-16-4-6-17(7-5-16)18-8-10-19(11-9-18)23(28)26-13-12-20-21(14-26)24-15-25-22(20)27/h4-11,15H,2-3,12-14H2,1H3,(H,24,25,27). The maximum atomic E-state index is 12.9. The van der Waals surface area contributed by atoms with Crippen molar-refractivity contribution >= 4 is 5.91 Å². The zero-order valence-electron chi connectivity index (χ0n) is 15.9. The third-order valence-electron chi connectivity index (χ3n) is 5.26. The first-order valence-corrected chi connectivity index (χ1v) is 9.70. The number of nitrogens with one attached hydrogen (secondary N) is 1. The lowest BCUT2D eigenvalue weighted by atomic mass is 10.0. The summed E-state index contributed by atoms with van der Waals surface area (Å²) < 4.78 is 0. The molecule has 142 valence electrons. The van der Waals surface area contributed by atoms with Gasteiger partial charge in [-0.1, -0.05) is 49.7 Å². The van der Waals surface area contributed by atoms with Gasteiger partial charge in [0.15, 0.2) is 0 Å². The van der Waals surface area contributed by atoms with Crippen LogP contribution in [0, 0.1) is 0 Å². The Morgan fingerprint density at radius 1 is 1.07 bits per heavy atom. The molecule has 2 aromatic carbocycles. The summed E-state index contributed by atoms with van der Waals surface area (Å²) in [5.74, 6) is -0.0300. The Kier molecular flexibility index (Phi) is 5.06. The fourth-order valence-corrected chi connectivity index (χ4v) is 3.68. The van der Waals surface area contributed by atoms with Crippen LogP contribution in [0.25, 0.3) is 11.1 Å². The lowest BCUT2D eigenvalue weighted by Crippen LogP contribution is -2.38. The number of nitrogens with zero attached hydrogens (tertiary/aromatic N) is 2. The van der Waals surface area contributed by atoms with Crippen molar-refractivity contribution in [3.63, 3.8) is 0 Å². The number of amides is 1. The van der Waals surface area contributed by atoms with E-state index in [1.165, 1.54) is 11.9 Å². The van der Waals surface area contributed by atoms with Gasteiger partial charge in [0, 0.05) is 17.7 Å². The van der Waals surface area contributed by atoms with E-state index < -0.39 is 0 Å². The molecule has 3 aromatic rings. The molecule has 5 heteroatoms. The molecule has 2 heterocycles. The largest absolute Gasteiger partial charge is 0.332 e. The summed E-state index contributed by atoms with van der Waals surface area (Å²) in [7, 11) is 0. The normalized spacial score (nSPS) is 13.2. The highest BCUT2D eigenvalue weighted by Crippen LogP contribution is 2.22. The van der Waals surface area contributed by atoms with E-state index in [2.05, 4.69) is 41.2 Å². The van der Waals surface area contributed by atoms with Crippen LogP contribution in [0.3, 0.4) is 0 Å². The Hall–Kier alpha value is -3.21. The highest BCUT2D eigenvalue weighted by atomic mass is 16.2. The van der Waals surface area contributed by atoms with Gasteiger partial charge in [0.2, 0.25) is 0 Å². The molecular formula is C23H23N3O2. The lowest BCUT2D eigenvalue weighted by Gasteiger charge is -2.27. The van der Waals surface area contributed by atoms with Gasteiger partial charge >= 0.3 is 0 Å². The van der Waals surface area contributed by atoms with Gasteiger partial charge in [-0.05, 0) is 41.7 Å². The van der Waals surface area contributed by atoms with E-state index in [0.717, 1.165) is 24.0 Å². The quantitative estimate of drug-likeness (QED) is 0.760. The molecular weight excluding hydrogens is 350 g/mol. The minimum atomic E-state index is -0.105. The summed E-state index contributed by atoms with van der Waals surface area (Å²) >= 11 is 0. The Labute approximate surface area is 164 Å². The van der Waals surface area contributed by atoms with Gasteiger partial charge in [-0.25, -0.2) is 4.98 Å². The van der Waals surface area contributed by atoms with E-state index >= 15 is 0 Å². The monoisotopic (exact) mass is 373 g/mol. The first kappa shape index (κ1) is 18.2. The van der Waals surface area contributed by atoms with E-state index in [1.54, 1.807) is 4.90 Å². The van der Waals surface area contributed by atoms with Crippen LogP contribution < -0.4 is 5.56 Å². The summed E-state index contributed by atoms with van der Waals surface area (Å²) in [5.41, 5.74) is 5.51. The van der Waals surface area contributed by atoms with Crippen LogP contribution >= 0.6 is 0 Å². The SMILES string of the molecule is CCCc1ccc(-c2ccc(C(=O)N3CCc4c(nc[nH]c4=O)C3)cc2)cc1. The fraction of sp³-hybridized carbons (Fsp3) is 0.261. The molecule has 4 rings (SSSR count). The van der Waals surface area contributed by atoms with E-state index in [9.17, 15) is 9.59 Å². The van der Waals surface area contributed by atoms with Crippen molar-refractivity contribution in [1.29, 1.82) is 0 Å². The predicted octanol–water partition coefficient (Wildman–Crippen LogP) is 3.59. The van der Waals surface area contributed by atoms with Crippen LogP contribution in [0.5, 0.6) is 0 Å². The van der Waals surface area contributed by atoms with E-state index in [0.29, 0.717) is 36.3 Å². The van der Waals surface area contributed by atoms with Gasteiger partial charge in [0.25, 0.3) is 11.5 Å². The van der Waals surface area contributed by atoms with Gasteiger partial charge in [-0.2, -0.15) is 0 Å². The smallest absolute Gasteiger partial charge is 0.254 e. The number of aromatic amines is 1. The number of aromatic nitrogens is 2. The highest BCUT2D eigenvalue weighted by molar-refractivity contribution is 5.94. The zero-order chi connectivity index (χ0) is 19.5. The van der Waals surface area contributed by atoms with Crippen LogP contribution in [0.2, 0.25) is 0 Å². The number of carbonyl (C=O) groups excluding carboxylic acids is 1. The Bertz CT molecular complexity index is 1040. The number of aryl methyl sites for hydroxylation is 1. The Morgan fingerprint density at radius 3 is 2.43 bits per heavy atom. The number of rotatable bonds is 4. The second-order valence-corrected chi connectivity index (χ2v) is 7.16. The second kappa shape index (κ2) is 7.80. The van der Waals surface area contributed by atoms with Crippen molar-refractivity contribution in [2.24, 2.45) is 0 Å². The second-order valence-electron chi connectivity index (χ2n) is 7.16. The molecule has 1 N–H and O–H groups in total. The van der Waals surface area contributed by atoms with Gasteiger partial charge in [0.05, 0.1) is 18.6 Å². The van der Waals surface area contributed by atoms with Crippen molar-refractivity contribution in [3.05, 3.63) is 87.6 Å². The highest BCUT2D eigenvalue weighted by Gasteiger charge is 2.24. The molecule has 0 spiro atoms. The van der Waals surface area contributed by atoms with Crippen molar-refractivity contribution in [1.82, 2.24) is 14.9 Å². The van der Waals surface area contributed by atoms with Crippen molar-refractivity contribution in [2.75, 3.05) is 6.54 Å². The van der Waals surface area contributed by atoms with Crippen LogP contribution in [0.4, 0.5) is 0 Å². The third-order valence-corrected chi connectivity index (χ3v) is 5.26. The number of H-pyrrole nitrogens is 1. The molecule has 0 aliphatic carbocycles. The van der Waals surface area contributed by atoms with Crippen molar-refractivity contribution < 1.29 is 4.79 Å². The zero-order valence-corrected chi connectivity index (χ0v) is 15.9. The summed E-state index contributed by atoms with van der Waals surface area (Å²) in [6.45, 7) is 3.08. The van der Waals surface area contributed by atoms with Gasteiger partial charge in [0.1, 0.15) is 0 Å². The number of carbonyl (C=O) groups is 1. The molecule has 0 bridgehead atoms. The molecule has 1 aliphatic rings. The van der Waals surface area contributed by atoms with E-state index in [-0.39, 0.29) is 11.5 Å². The number of fused-ring (bicyclic) bond motifs is 1. The number of hydrogen-bond acceptors (Lipinski definition) is 3. The topological polar surface area (TPSA) is 66.1 Å². The van der Waals surface area contributed by atoms with Crippen molar-refractivity contribution in [3.8, 4) is 11.1 Å². The van der Waals surface area contributed by atoms with Crippen LogP contribution in [-0.4, -0.2) is 27.3 Å². The lowest BCUT2D eigenvalue weighted by molar-refractivity contribution is 0.0731. The molecule has 0 saturated carbocycles. The average molecular weight is 373 g/mol. The molecule has 5 nitrogen and oxygen atoms in total. The summed E-state index contributed by atoms with van der Waals surface area (Å²) in [6.07, 6.45) is 4.16. The first-order valence-electron chi connectivity index (χ1n) is 9.70. The number of benzene rings is 2. The average Bonchev–Trinajstić information content (AvgIpc) is 2.74. The first-order chi connectivity index (χ1) is 13.7. The minimum Gasteiger partial charge on any atom is -0.332 e. The predicted molar refractivity (Wildman–Crippen MR) is 109 cm³/mol. The fourth-order valence-electron chi connectivity index (χ4n) is 3.68. The van der Waals surface area contributed by atoms with Crippen LogP contribution in [0.15, 0.2) is 59.7 Å². The molecule has 0 fully saturated rings. The van der Waals surface area contributed by atoms with Crippen LogP contribution in [-0.2, 0) is 19.4 Å². The van der Waals surface area contributed by atoms with E-state index in [4.69, 9.17) is 0 Å². The maximum absolute atomic E-state index is 12.9. The molecule has 1 aliphatic heterocycles. The third kappa shape index (κ3) is 3.60. The molecule has 0 unspecified atom stereocenters. The van der Waals surface area contributed by atoms with Crippen molar-refractivity contribution in [2.45, 2.75) is 32.7 Å². The van der Waals surface area contributed by atoms with E-state index in [1.807, 2.05) is 24.3 Å². The summed E-state index contributed by atoms with van der Waals surface area (Å²) in [4.78, 5) is 33.3. The molecule has 0 radical (unpaired) electrons. The maximum Gasteiger partial charge on any atom is 0.254 e. The van der Waals surface area contributed by atoms with Gasteiger partial charge < -0.3 is 9.88 Å². The van der Waals surface area contributed by atoms with Gasteiger partial charge in [-0.15, -0.1) is 0 Å². The molecule has 0 atom stereocenters. The Balaban J connectivity index is 1.49. The summed E-state index contributed by atoms with van der Waals surface area (Å²) in [6, 6.07) is 16.3.